The van der Waals surface area contributed by atoms with E-state index in [2.05, 4.69) is 43.9 Å². The summed E-state index contributed by atoms with van der Waals surface area (Å²) in [7, 11) is -0.362. The Hall–Kier alpha value is -2.32. The highest BCUT2D eigenvalue weighted by Crippen LogP contribution is 2.36. The molecule has 2 aliphatic rings. The van der Waals surface area contributed by atoms with E-state index in [1.54, 1.807) is 0 Å². The molecule has 0 bridgehead atoms. The van der Waals surface area contributed by atoms with Crippen LogP contribution in [-0.2, 0) is 20.6 Å². The first-order valence-electron chi connectivity index (χ1n) is 12.8. The van der Waals surface area contributed by atoms with Gasteiger partial charge in [0.2, 0.25) is 0 Å². The predicted molar refractivity (Wildman–Crippen MR) is 139 cm³/mol. The molecule has 7 nitrogen and oxygen atoms in total. The summed E-state index contributed by atoms with van der Waals surface area (Å²) in [6.07, 6.45) is 7.34. The number of benzene rings is 1. The van der Waals surface area contributed by atoms with E-state index in [4.69, 9.17) is 14.0 Å². The van der Waals surface area contributed by atoms with Gasteiger partial charge < -0.3 is 18.9 Å². The first-order valence-corrected chi connectivity index (χ1v) is 12.8. The Morgan fingerprint density at radius 1 is 1.09 bits per heavy atom. The number of rotatable bonds is 6. The van der Waals surface area contributed by atoms with Gasteiger partial charge in [-0.1, -0.05) is 0 Å². The van der Waals surface area contributed by atoms with Crippen LogP contribution in [0, 0.1) is 5.92 Å². The molecule has 2 aliphatic heterocycles. The largest absolute Gasteiger partial charge is 0.498 e. The van der Waals surface area contributed by atoms with Crippen LogP contribution in [0.25, 0.3) is 0 Å². The van der Waals surface area contributed by atoms with Crippen LogP contribution < -0.4 is 10.4 Å². The fraction of sp³-hybridized carbons (Fsp3) is 0.630. The fourth-order valence-corrected chi connectivity index (χ4v) is 4.54. The lowest BCUT2D eigenvalue weighted by Crippen LogP contribution is -2.41. The zero-order valence-electron chi connectivity index (χ0n) is 22.3. The van der Waals surface area contributed by atoms with Crippen molar-refractivity contribution in [2.45, 2.75) is 91.1 Å². The molecule has 2 aromatic rings. The first-order chi connectivity index (χ1) is 16.3. The molecule has 0 radical (unpaired) electrons. The van der Waals surface area contributed by atoms with Crippen LogP contribution in [0.2, 0.25) is 0 Å². The van der Waals surface area contributed by atoms with Crippen LogP contribution in [0.1, 0.15) is 78.1 Å². The molecule has 0 unspecified atom stereocenters. The van der Waals surface area contributed by atoms with Gasteiger partial charge in [0.25, 0.3) is 0 Å². The van der Waals surface area contributed by atoms with Crippen molar-refractivity contribution in [1.29, 1.82) is 0 Å². The van der Waals surface area contributed by atoms with E-state index in [0.29, 0.717) is 11.5 Å². The molecule has 190 valence electrons. The Balaban J connectivity index is 1.24. The second kappa shape index (κ2) is 9.62. The summed E-state index contributed by atoms with van der Waals surface area (Å²) < 4.78 is 19.8. The van der Waals surface area contributed by atoms with Gasteiger partial charge in [0.15, 0.2) is 0 Å². The zero-order chi connectivity index (χ0) is 25.4. The fourth-order valence-electron chi connectivity index (χ4n) is 4.54. The molecule has 1 aromatic carbocycles. The Morgan fingerprint density at radius 3 is 2.26 bits per heavy atom. The van der Waals surface area contributed by atoms with E-state index in [0.717, 1.165) is 50.0 Å². The molecule has 0 aliphatic carbocycles. The molecule has 0 atom stereocenters. The van der Waals surface area contributed by atoms with Crippen molar-refractivity contribution in [3.63, 3.8) is 0 Å². The van der Waals surface area contributed by atoms with Crippen molar-refractivity contribution in [1.82, 2.24) is 9.78 Å². The van der Waals surface area contributed by atoms with Gasteiger partial charge in [-0.25, -0.2) is 4.79 Å². The molecule has 8 heteroatoms. The van der Waals surface area contributed by atoms with Crippen LogP contribution in [0.3, 0.4) is 0 Å². The highest BCUT2D eigenvalue weighted by molar-refractivity contribution is 6.62. The van der Waals surface area contributed by atoms with Crippen molar-refractivity contribution in [3.8, 4) is 0 Å². The SMILES string of the molecule is CC(C)(C)OC(=O)c1ccc(N2CCC(CCn3cc(B4OC(C)(C)C(C)(C)O4)cn3)CC2)cc1. The van der Waals surface area contributed by atoms with Crippen LogP contribution in [-0.4, -0.2) is 52.8 Å². The third-order valence-corrected chi connectivity index (χ3v) is 7.43. The van der Waals surface area contributed by atoms with Gasteiger partial charge in [-0.15, -0.1) is 0 Å². The predicted octanol–water partition coefficient (Wildman–Crippen LogP) is 4.44. The summed E-state index contributed by atoms with van der Waals surface area (Å²) >= 11 is 0. The molecular weight excluding hydrogens is 441 g/mol. The van der Waals surface area contributed by atoms with Gasteiger partial charge in [0.05, 0.1) is 16.8 Å². The standard InChI is InChI=1S/C27H40BN3O4/c1-25(2,3)33-24(32)21-8-10-23(11-9-21)30-15-12-20(13-16-30)14-17-31-19-22(18-29-31)28-34-26(4,5)27(6,7)35-28/h8-11,18-20H,12-17H2,1-7H3. The lowest BCUT2D eigenvalue weighted by molar-refractivity contribution is 0.00578. The lowest BCUT2D eigenvalue weighted by atomic mass is 9.82. The second-order valence-corrected chi connectivity index (χ2v) is 11.9. The first kappa shape index (κ1) is 25.8. The monoisotopic (exact) mass is 481 g/mol. The number of ether oxygens (including phenoxy) is 1. The molecular formula is C27H40BN3O4. The van der Waals surface area contributed by atoms with Crippen LogP contribution >= 0.6 is 0 Å². The molecule has 2 fully saturated rings. The minimum Gasteiger partial charge on any atom is -0.456 e. The number of piperidine rings is 1. The molecule has 0 amide bonds. The summed E-state index contributed by atoms with van der Waals surface area (Å²) in [5, 5.41) is 4.56. The molecule has 2 saturated heterocycles. The van der Waals surface area contributed by atoms with Gasteiger partial charge in [-0.2, -0.15) is 5.10 Å². The van der Waals surface area contributed by atoms with E-state index in [-0.39, 0.29) is 24.3 Å². The highest BCUT2D eigenvalue weighted by Gasteiger charge is 2.52. The van der Waals surface area contributed by atoms with Crippen LogP contribution in [0.15, 0.2) is 36.7 Å². The van der Waals surface area contributed by atoms with Crippen LogP contribution in [0.5, 0.6) is 0 Å². The van der Waals surface area contributed by atoms with Gasteiger partial charge >= 0.3 is 13.1 Å². The number of esters is 1. The Bertz CT molecular complexity index is 1000. The number of aromatic nitrogens is 2. The number of hydrogen-bond acceptors (Lipinski definition) is 6. The van der Waals surface area contributed by atoms with Crippen molar-refractivity contribution in [3.05, 3.63) is 42.2 Å². The number of aryl methyl sites for hydroxylation is 1. The Labute approximate surface area is 210 Å². The summed E-state index contributed by atoms with van der Waals surface area (Å²) in [5.74, 6) is 0.403. The van der Waals surface area contributed by atoms with Gasteiger partial charge in [-0.05, 0) is 97.9 Å². The van der Waals surface area contributed by atoms with Crippen molar-refractivity contribution >= 4 is 24.2 Å². The summed E-state index contributed by atoms with van der Waals surface area (Å²) in [4.78, 5) is 14.7. The number of carbonyl (C=O) groups is 1. The Morgan fingerprint density at radius 2 is 1.69 bits per heavy atom. The number of anilines is 1. The zero-order valence-corrected chi connectivity index (χ0v) is 22.3. The molecule has 0 saturated carbocycles. The molecule has 1 aromatic heterocycles. The lowest BCUT2D eigenvalue weighted by Gasteiger charge is -2.33. The number of carbonyl (C=O) groups excluding carboxylic acids is 1. The third-order valence-electron chi connectivity index (χ3n) is 7.43. The smallest absolute Gasteiger partial charge is 0.456 e. The maximum absolute atomic E-state index is 12.3. The molecule has 0 spiro atoms. The molecule has 3 heterocycles. The average Bonchev–Trinajstić information content (AvgIpc) is 3.33. The number of hydrogen-bond donors (Lipinski definition) is 0. The minimum atomic E-state index is -0.485. The quantitative estimate of drug-likeness (QED) is 0.449. The van der Waals surface area contributed by atoms with Crippen LogP contribution in [0.4, 0.5) is 5.69 Å². The highest BCUT2D eigenvalue weighted by atomic mass is 16.7. The molecule has 0 N–H and O–H groups in total. The Kier molecular flexibility index (Phi) is 7.08. The van der Waals surface area contributed by atoms with Crippen molar-refractivity contribution < 1.29 is 18.8 Å². The van der Waals surface area contributed by atoms with E-state index >= 15 is 0 Å². The average molecular weight is 481 g/mol. The van der Waals surface area contributed by atoms with E-state index in [1.807, 2.05) is 55.9 Å². The maximum Gasteiger partial charge on any atom is 0.498 e. The minimum absolute atomic E-state index is 0.275. The molecule has 4 rings (SSSR count). The van der Waals surface area contributed by atoms with Crippen molar-refractivity contribution in [2.24, 2.45) is 5.92 Å². The van der Waals surface area contributed by atoms with Gasteiger partial charge in [-0.3, -0.25) is 4.68 Å². The summed E-state index contributed by atoms with van der Waals surface area (Å²) in [6.45, 7) is 16.9. The number of nitrogens with zero attached hydrogens (tertiary/aromatic N) is 3. The van der Waals surface area contributed by atoms with E-state index in [9.17, 15) is 4.79 Å². The van der Waals surface area contributed by atoms with Crippen molar-refractivity contribution in [2.75, 3.05) is 18.0 Å². The van der Waals surface area contributed by atoms with Gasteiger partial charge in [0.1, 0.15) is 5.60 Å². The maximum atomic E-state index is 12.3. The van der Waals surface area contributed by atoms with E-state index in [1.165, 1.54) is 0 Å². The molecule has 35 heavy (non-hydrogen) atoms. The third kappa shape index (κ3) is 6.09. The van der Waals surface area contributed by atoms with E-state index < -0.39 is 5.60 Å². The second-order valence-electron chi connectivity index (χ2n) is 11.9. The topological polar surface area (TPSA) is 65.8 Å². The summed E-state index contributed by atoms with van der Waals surface area (Å²) in [6, 6.07) is 7.79. The van der Waals surface area contributed by atoms with Gasteiger partial charge in [0, 0.05) is 43.2 Å². The normalized spacial score (nSPS) is 20.3. The summed E-state index contributed by atoms with van der Waals surface area (Å²) in [5.41, 5.74) is 1.57.